The molecule has 0 saturated carbocycles. The molecule has 4 rings (SSSR count). The van der Waals surface area contributed by atoms with Gasteiger partial charge in [-0.25, -0.2) is 4.79 Å². The molecule has 0 N–H and O–H groups in total. The highest BCUT2D eigenvalue weighted by molar-refractivity contribution is 5.91. The van der Waals surface area contributed by atoms with Crippen LogP contribution in [0, 0.1) is 5.92 Å². The van der Waals surface area contributed by atoms with Crippen molar-refractivity contribution in [3.63, 3.8) is 0 Å². The zero-order valence-corrected chi connectivity index (χ0v) is 21.0. The molecule has 0 amide bonds. The minimum atomic E-state index is -0.441. The first-order valence-electron chi connectivity index (χ1n) is 12.6. The predicted molar refractivity (Wildman–Crippen MR) is 145 cm³/mol. The predicted octanol–water partition coefficient (Wildman–Crippen LogP) is 6.76. The number of para-hydroxylation sites is 3. The topological polar surface area (TPSA) is 71.1 Å². The number of esters is 2. The third kappa shape index (κ3) is 8.52. The molecule has 0 aliphatic carbocycles. The zero-order valence-electron chi connectivity index (χ0n) is 21.0. The van der Waals surface area contributed by atoms with Crippen LogP contribution < -0.4 is 18.9 Å². The first-order valence-corrected chi connectivity index (χ1v) is 12.6. The van der Waals surface area contributed by atoms with Gasteiger partial charge in [0.1, 0.15) is 23.0 Å². The molecule has 0 bridgehead atoms. The summed E-state index contributed by atoms with van der Waals surface area (Å²) < 4.78 is 22.6. The van der Waals surface area contributed by atoms with Gasteiger partial charge in [-0.1, -0.05) is 54.6 Å². The maximum absolute atomic E-state index is 12.9. The van der Waals surface area contributed by atoms with Crippen LogP contribution >= 0.6 is 0 Å². The van der Waals surface area contributed by atoms with Crippen molar-refractivity contribution in [2.24, 2.45) is 5.92 Å². The Morgan fingerprint density at radius 1 is 0.526 bits per heavy atom. The smallest absolute Gasteiger partial charge is 0.343 e. The lowest BCUT2D eigenvalue weighted by Gasteiger charge is -2.17. The van der Waals surface area contributed by atoms with Gasteiger partial charge in [0.25, 0.3) is 0 Å². The lowest BCUT2D eigenvalue weighted by atomic mass is 10.00. The number of rotatable bonds is 13. The van der Waals surface area contributed by atoms with Crippen LogP contribution in [-0.2, 0) is 4.79 Å². The van der Waals surface area contributed by atoms with Gasteiger partial charge in [-0.2, -0.15) is 0 Å². The van der Waals surface area contributed by atoms with Crippen LogP contribution in [-0.4, -0.2) is 25.2 Å². The molecule has 0 heterocycles. The minimum Gasteiger partial charge on any atom is -0.494 e. The Hall–Kier alpha value is -4.58. The van der Waals surface area contributed by atoms with Crippen molar-refractivity contribution in [1.29, 1.82) is 0 Å². The Kier molecular flexibility index (Phi) is 9.92. The van der Waals surface area contributed by atoms with Gasteiger partial charge in [-0.05, 0) is 79.9 Å². The standard InChI is InChI=1S/C32H30O6/c33-31(37-29-14-6-2-7-15-29)25(11-10-23-35-27-12-4-1-5-13-27)22-24-36-28-20-18-26(19-21-28)32(34)38-30-16-8-3-9-17-30/h1-9,12-21,25H,10-11,22-24H2. The second-order valence-corrected chi connectivity index (χ2v) is 8.60. The van der Waals surface area contributed by atoms with Crippen LogP contribution in [0.1, 0.15) is 29.6 Å². The average molecular weight is 511 g/mol. The Balaban J connectivity index is 1.28. The van der Waals surface area contributed by atoms with Gasteiger partial charge in [0.05, 0.1) is 24.7 Å². The summed E-state index contributed by atoms with van der Waals surface area (Å²) in [7, 11) is 0. The molecule has 0 radical (unpaired) electrons. The highest BCUT2D eigenvalue weighted by Crippen LogP contribution is 2.20. The van der Waals surface area contributed by atoms with Crippen molar-refractivity contribution in [3.8, 4) is 23.0 Å². The molecule has 0 fully saturated rings. The largest absolute Gasteiger partial charge is 0.494 e. The highest BCUT2D eigenvalue weighted by atomic mass is 16.5. The number of carbonyl (C=O) groups is 2. The van der Waals surface area contributed by atoms with Crippen LogP contribution in [0.3, 0.4) is 0 Å². The van der Waals surface area contributed by atoms with E-state index in [4.69, 9.17) is 18.9 Å². The van der Waals surface area contributed by atoms with Gasteiger partial charge in [-0.15, -0.1) is 0 Å². The van der Waals surface area contributed by atoms with E-state index in [0.717, 1.165) is 5.75 Å². The van der Waals surface area contributed by atoms with Gasteiger partial charge in [-0.3, -0.25) is 4.79 Å². The summed E-state index contributed by atoms with van der Waals surface area (Å²) in [5.41, 5.74) is 0.420. The van der Waals surface area contributed by atoms with Gasteiger partial charge in [0.15, 0.2) is 0 Å². The molecule has 4 aromatic carbocycles. The fourth-order valence-electron chi connectivity index (χ4n) is 3.77. The molecule has 6 heteroatoms. The molecule has 38 heavy (non-hydrogen) atoms. The van der Waals surface area contributed by atoms with E-state index in [-0.39, 0.29) is 11.9 Å². The van der Waals surface area contributed by atoms with Gasteiger partial charge >= 0.3 is 11.9 Å². The molecule has 1 atom stereocenters. The number of hydrogen-bond acceptors (Lipinski definition) is 6. The first kappa shape index (κ1) is 26.5. The maximum atomic E-state index is 12.9. The SMILES string of the molecule is O=C(Oc1ccccc1)c1ccc(OCCC(CCCOc2ccccc2)C(=O)Oc2ccccc2)cc1. The van der Waals surface area contributed by atoms with E-state index in [1.807, 2.05) is 54.6 Å². The van der Waals surface area contributed by atoms with Crippen LogP contribution in [0.15, 0.2) is 115 Å². The molecule has 194 valence electrons. The van der Waals surface area contributed by atoms with E-state index >= 15 is 0 Å². The van der Waals surface area contributed by atoms with Gasteiger partial charge in [0.2, 0.25) is 0 Å². The highest BCUT2D eigenvalue weighted by Gasteiger charge is 2.21. The Morgan fingerprint density at radius 2 is 1.03 bits per heavy atom. The zero-order chi connectivity index (χ0) is 26.4. The quantitative estimate of drug-likeness (QED) is 0.112. The van der Waals surface area contributed by atoms with E-state index in [1.54, 1.807) is 60.7 Å². The van der Waals surface area contributed by atoms with Crippen LogP contribution in [0.4, 0.5) is 0 Å². The third-order valence-electron chi connectivity index (χ3n) is 5.78. The van der Waals surface area contributed by atoms with Crippen molar-refractivity contribution < 1.29 is 28.5 Å². The molecule has 0 aliphatic heterocycles. The molecule has 0 aromatic heterocycles. The number of hydrogen-bond donors (Lipinski definition) is 0. The van der Waals surface area contributed by atoms with Crippen LogP contribution in [0.25, 0.3) is 0 Å². The molecule has 0 saturated heterocycles. The Bertz CT molecular complexity index is 1260. The van der Waals surface area contributed by atoms with Gasteiger partial charge in [0, 0.05) is 0 Å². The molecular weight excluding hydrogens is 480 g/mol. The van der Waals surface area contributed by atoms with Crippen molar-refractivity contribution >= 4 is 11.9 Å². The van der Waals surface area contributed by atoms with Crippen molar-refractivity contribution in [2.45, 2.75) is 19.3 Å². The summed E-state index contributed by atoms with van der Waals surface area (Å²) in [4.78, 5) is 25.3. The summed E-state index contributed by atoms with van der Waals surface area (Å²) in [5, 5.41) is 0. The van der Waals surface area contributed by atoms with E-state index in [1.165, 1.54) is 0 Å². The number of benzene rings is 4. The Labute approximate surface area is 222 Å². The summed E-state index contributed by atoms with van der Waals surface area (Å²) in [6, 6.07) is 34.3. The first-order chi connectivity index (χ1) is 18.7. The average Bonchev–Trinajstić information content (AvgIpc) is 2.96. The molecule has 1 unspecified atom stereocenters. The van der Waals surface area contributed by atoms with Crippen LogP contribution in [0.5, 0.6) is 23.0 Å². The lowest BCUT2D eigenvalue weighted by molar-refractivity contribution is -0.139. The van der Waals surface area contributed by atoms with E-state index in [0.29, 0.717) is 55.3 Å². The number of carbonyl (C=O) groups excluding carboxylic acids is 2. The molecule has 0 aliphatic rings. The minimum absolute atomic E-state index is 0.293. The van der Waals surface area contributed by atoms with Crippen molar-refractivity contribution in [3.05, 3.63) is 121 Å². The van der Waals surface area contributed by atoms with E-state index in [9.17, 15) is 9.59 Å². The van der Waals surface area contributed by atoms with Crippen LogP contribution in [0.2, 0.25) is 0 Å². The Morgan fingerprint density at radius 3 is 1.63 bits per heavy atom. The maximum Gasteiger partial charge on any atom is 0.343 e. The summed E-state index contributed by atoms with van der Waals surface area (Å²) in [6.07, 6.45) is 1.78. The summed E-state index contributed by atoms with van der Waals surface area (Å²) in [6.45, 7) is 0.822. The summed E-state index contributed by atoms with van der Waals surface area (Å²) >= 11 is 0. The third-order valence-corrected chi connectivity index (χ3v) is 5.78. The van der Waals surface area contributed by atoms with Gasteiger partial charge < -0.3 is 18.9 Å². The second-order valence-electron chi connectivity index (χ2n) is 8.60. The molecule has 4 aromatic rings. The fourth-order valence-corrected chi connectivity index (χ4v) is 3.77. The summed E-state index contributed by atoms with van der Waals surface area (Å²) in [5.74, 6) is 1.32. The lowest BCUT2D eigenvalue weighted by Crippen LogP contribution is -2.23. The van der Waals surface area contributed by atoms with Crippen molar-refractivity contribution in [2.75, 3.05) is 13.2 Å². The number of ether oxygens (including phenoxy) is 4. The fraction of sp³-hybridized carbons (Fsp3) is 0.188. The monoisotopic (exact) mass is 510 g/mol. The molecule has 0 spiro atoms. The molecular formula is C32H30O6. The van der Waals surface area contributed by atoms with E-state index in [2.05, 4.69) is 0 Å². The second kappa shape index (κ2) is 14.2. The van der Waals surface area contributed by atoms with E-state index < -0.39 is 5.97 Å². The van der Waals surface area contributed by atoms with Crippen molar-refractivity contribution in [1.82, 2.24) is 0 Å². The molecule has 6 nitrogen and oxygen atoms in total. The normalized spacial score (nSPS) is 11.3.